The van der Waals surface area contributed by atoms with E-state index >= 15 is 0 Å². The molecule has 28 heavy (non-hydrogen) atoms. The van der Waals surface area contributed by atoms with E-state index in [0.717, 1.165) is 29.0 Å². The van der Waals surface area contributed by atoms with Gasteiger partial charge in [-0.25, -0.2) is 13.8 Å². The van der Waals surface area contributed by atoms with Gasteiger partial charge in [0.1, 0.15) is 16.7 Å². The fourth-order valence-corrected chi connectivity index (χ4v) is 3.04. The molecule has 4 aromatic rings. The Morgan fingerprint density at radius 2 is 1.86 bits per heavy atom. The maximum Gasteiger partial charge on any atom is 0.228 e. The molecule has 142 valence electrons. The van der Waals surface area contributed by atoms with Crippen molar-refractivity contribution < 1.29 is 8.78 Å². The van der Waals surface area contributed by atoms with E-state index in [2.05, 4.69) is 25.4 Å². The Kier molecular flexibility index (Phi) is 4.64. The number of hydrogen-bond donors (Lipinski definition) is 1. The Bertz CT molecular complexity index is 1170. The minimum absolute atomic E-state index is 0.119. The molecule has 3 heterocycles. The van der Waals surface area contributed by atoms with Crippen LogP contribution in [-0.2, 0) is 6.54 Å². The molecule has 1 aromatic carbocycles. The maximum atomic E-state index is 14.2. The topological polar surface area (TPSA) is 68.0 Å². The number of nitrogens with one attached hydrogen (secondary N) is 1. The van der Waals surface area contributed by atoms with E-state index in [1.165, 1.54) is 16.8 Å². The minimum atomic E-state index is -0.760. The highest BCUT2D eigenvalue weighted by Crippen LogP contribution is 2.27. The number of pyridine rings is 1. The second-order valence-corrected chi connectivity index (χ2v) is 6.71. The summed E-state index contributed by atoms with van der Waals surface area (Å²) in [5, 5.41) is 7.52. The number of anilines is 1. The molecule has 0 aliphatic carbocycles. The van der Waals surface area contributed by atoms with Gasteiger partial charge in [0, 0.05) is 18.4 Å². The Balaban J connectivity index is 1.79. The van der Waals surface area contributed by atoms with Crippen LogP contribution in [-0.4, -0.2) is 24.6 Å². The number of aryl methyl sites for hydroxylation is 2. The zero-order valence-corrected chi connectivity index (χ0v) is 15.8. The molecule has 3 aromatic heterocycles. The summed E-state index contributed by atoms with van der Waals surface area (Å²) >= 11 is 6.14. The van der Waals surface area contributed by atoms with Crippen molar-refractivity contribution in [2.75, 3.05) is 5.32 Å². The zero-order chi connectivity index (χ0) is 19.8. The lowest BCUT2D eigenvalue weighted by Gasteiger charge is -2.12. The lowest BCUT2D eigenvalue weighted by atomic mass is 10.1. The Labute approximate surface area is 164 Å². The smallest absolute Gasteiger partial charge is 0.228 e. The van der Waals surface area contributed by atoms with E-state index < -0.39 is 11.6 Å². The second-order valence-electron chi connectivity index (χ2n) is 6.30. The van der Waals surface area contributed by atoms with Crippen molar-refractivity contribution in [1.82, 2.24) is 24.6 Å². The van der Waals surface area contributed by atoms with E-state index in [9.17, 15) is 8.78 Å². The quantitative estimate of drug-likeness (QED) is 0.551. The molecule has 6 nitrogen and oxygen atoms in total. The third-order valence-electron chi connectivity index (χ3n) is 4.30. The molecule has 0 unspecified atom stereocenters. The van der Waals surface area contributed by atoms with Crippen molar-refractivity contribution in [2.45, 2.75) is 20.4 Å². The lowest BCUT2D eigenvalue weighted by Crippen LogP contribution is -2.11. The first-order valence-corrected chi connectivity index (χ1v) is 8.83. The molecule has 1 N–H and O–H groups in total. The van der Waals surface area contributed by atoms with Crippen LogP contribution < -0.4 is 5.32 Å². The van der Waals surface area contributed by atoms with Crippen LogP contribution >= 0.6 is 11.6 Å². The average Bonchev–Trinajstić information content (AvgIpc) is 3.02. The van der Waals surface area contributed by atoms with Gasteiger partial charge in [-0.3, -0.25) is 4.98 Å². The molecule has 0 bridgehead atoms. The summed E-state index contributed by atoms with van der Waals surface area (Å²) in [5.74, 6) is -1.38. The molecule has 0 aliphatic rings. The predicted octanol–water partition coefficient (Wildman–Crippen LogP) is 4.35. The highest BCUT2D eigenvalue weighted by Gasteiger charge is 2.19. The number of halogens is 3. The third kappa shape index (κ3) is 3.27. The molecule has 4 rings (SSSR count). The number of aromatic nitrogens is 5. The van der Waals surface area contributed by atoms with Gasteiger partial charge in [0.15, 0.2) is 11.5 Å². The van der Waals surface area contributed by atoms with Gasteiger partial charge in [-0.1, -0.05) is 17.7 Å². The molecule has 0 amide bonds. The van der Waals surface area contributed by atoms with Crippen LogP contribution in [0.5, 0.6) is 0 Å². The van der Waals surface area contributed by atoms with Crippen molar-refractivity contribution in [2.24, 2.45) is 0 Å². The van der Waals surface area contributed by atoms with Crippen molar-refractivity contribution >= 4 is 23.2 Å². The lowest BCUT2D eigenvalue weighted by molar-refractivity contribution is 0.587. The summed E-state index contributed by atoms with van der Waals surface area (Å²) in [5.41, 5.74) is 2.86. The Morgan fingerprint density at radius 1 is 1.11 bits per heavy atom. The summed E-state index contributed by atoms with van der Waals surface area (Å²) in [6, 6.07) is 5.55. The van der Waals surface area contributed by atoms with Crippen LogP contribution in [0.3, 0.4) is 0 Å². The molecule has 0 saturated carbocycles. The third-order valence-corrected chi connectivity index (χ3v) is 4.57. The largest absolute Gasteiger partial charge is 0.350 e. The van der Waals surface area contributed by atoms with Gasteiger partial charge in [0.25, 0.3) is 0 Å². The van der Waals surface area contributed by atoms with Crippen LogP contribution in [0.1, 0.15) is 16.8 Å². The first-order valence-electron chi connectivity index (χ1n) is 8.45. The molecule has 0 aliphatic heterocycles. The number of hydrogen-bond acceptors (Lipinski definition) is 5. The monoisotopic (exact) mass is 400 g/mol. The summed E-state index contributed by atoms with van der Waals surface area (Å²) < 4.78 is 29.9. The Hall–Kier alpha value is -3.13. The summed E-state index contributed by atoms with van der Waals surface area (Å²) in [6.45, 7) is 4.28. The van der Waals surface area contributed by atoms with Crippen LogP contribution in [0.2, 0.25) is 5.02 Å². The van der Waals surface area contributed by atoms with E-state index in [1.54, 1.807) is 6.20 Å². The van der Waals surface area contributed by atoms with Crippen molar-refractivity contribution in [1.29, 1.82) is 0 Å². The van der Waals surface area contributed by atoms with E-state index in [0.29, 0.717) is 6.54 Å². The highest BCUT2D eigenvalue weighted by atomic mass is 35.5. The maximum absolute atomic E-state index is 14.2. The molecule has 0 atom stereocenters. The van der Waals surface area contributed by atoms with Gasteiger partial charge in [-0.05, 0) is 43.2 Å². The van der Waals surface area contributed by atoms with E-state index in [4.69, 9.17) is 11.6 Å². The number of rotatable bonds is 4. The standard InChI is InChI=1S/C19H15ClF2N6/c1-10-6-11(2)23-7-12(10)8-24-19-27-17(16-14(21)4-3-5-15(16)22)26-18-13(20)9-25-28(18)19/h3-7,9H,8H2,1-2H3,(H,24,26,27). The summed E-state index contributed by atoms with van der Waals surface area (Å²) in [6.07, 6.45) is 3.17. The second kappa shape index (κ2) is 7.12. The van der Waals surface area contributed by atoms with Crippen molar-refractivity contribution in [3.05, 3.63) is 70.1 Å². The number of nitrogens with zero attached hydrogens (tertiary/aromatic N) is 5. The van der Waals surface area contributed by atoms with Gasteiger partial charge >= 0.3 is 0 Å². The first-order chi connectivity index (χ1) is 13.4. The molecule has 9 heteroatoms. The van der Waals surface area contributed by atoms with Crippen LogP contribution in [0.15, 0.2) is 36.7 Å². The van der Waals surface area contributed by atoms with Crippen molar-refractivity contribution in [3.63, 3.8) is 0 Å². The normalized spacial score (nSPS) is 11.2. The molecular formula is C19H15ClF2N6. The first kappa shape index (κ1) is 18.2. The average molecular weight is 401 g/mol. The molecule has 0 radical (unpaired) electrons. The van der Waals surface area contributed by atoms with Gasteiger partial charge < -0.3 is 5.32 Å². The molecule has 0 spiro atoms. The summed E-state index contributed by atoms with van der Waals surface area (Å²) in [7, 11) is 0. The fourth-order valence-electron chi connectivity index (χ4n) is 2.87. The number of benzene rings is 1. The molecule has 0 fully saturated rings. The molecule has 0 saturated heterocycles. The van der Waals surface area contributed by atoms with Crippen LogP contribution in [0.25, 0.3) is 17.0 Å². The fraction of sp³-hybridized carbons (Fsp3) is 0.158. The number of fused-ring (bicyclic) bond motifs is 1. The highest BCUT2D eigenvalue weighted by molar-refractivity contribution is 6.33. The summed E-state index contributed by atoms with van der Waals surface area (Å²) in [4.78, 5) is 12.8. The minimum Gasteiger partial charge on any atom is -0.350 e. The van der Waals surface area contributed by atoms with E-state index in [1.807, 2.05) is 19.9 Å². The van der Waals surface area contributed by atoms with E-state index in [-0.39, 0.29) is 28.0 Å². The van der Waals surface area contributed by atoms with Gasteiger partial charge in [0.2, 0.25) is 5.95 Å². The molecular weight excluding hydrogens is 386 g/mol. The Morgan fingerprint density at radius 3 is 2.57 bits per heavy atom. The van der Waals surface area contributed by atoms with Crippen molar-refractivity contribution in [3.8, 4) is 11.4 Å². The van der Waals surface area contributed by atoms with Gasteiger partial charge in [0.05, 0.1) is 11.8 Å². The zero-order valence-electron chi connectivity index (χ0n) is 15.0. The van der Waals surface area contributed by atoms with Crippen LogP contribution in [0.4, 0.5) is 14.7 Å². The predicted molar refractivity (Wildman–Crippen MR) is 102 cm³/mol. The van der Waals surface area contributed by atoms with Crippen LogP contribution in [0, 0.1) is 25.5 Å². The van der Waals surface area contributed by atoms with Gasteiger partial charge in [-0.2, -0.15) is 14.6 Å². The SMILES string of the molecule is Cc1cc(C)c(CNc2nc(-c3c(F)cccc3F)nc3c(Cl)cnn23)cn1. The van der Waals surface area contributed by atoms with Gasteiger partial charge in [-0.15, -0.1) is 0 Å².